The summed E-state index contributed by atoms with van der Waals surface area (Å²) in [6.07, 6.45) is 2.17. The molecule has 0 aliphatic carbocycles. The molecule has 0 aromatic rings. The molecule has 0 rings (SSSR count). The summed E-state index contributed by atoms with van der Waals surface area (Å²) in [7, 11) is 9.51. The van der Waals surface area contributed by atoms with Crippen molar-refractivity contribution >= 4 is 9.04 Å². The highest BCUT2D eigenvalue weighted by atomic mass is 28.3. The lowest BCUT2D eigenvalue weighted by molar-refractivity contribution is 0.351. The Bertz CT molecular complexity index is 88.4. The summed E-state index contributed by atoms with van der Waals surface area (Å²) in [5.74, 6) is 0. The molecule has 1 radical (unpaired) electrons. The highest BCUT2D eigenvalue weighted by Crippen LogP contribution is 1.88. The van der Waals surface area contributed by atoms with E-state index in [0.717, 1.165) is 12.3 Å². The molecule has 0 aliphatic heterocycles. The first-order valence-electron chi connectivity index (χ1n) is 3.74. The summed E-state index contributed by atoms with van der Waals surface area (Å²) in [5.41, 5.74) is 0. The van der Waals surface area contributed by atoms with E-state index >= 15 is 0 Å². The average molecular weight is 175 g/mol. The molecular formula is C7H19N2OSi. The molecular weight excluding hydrogens is 156 g/mol. The van der Waals surface area contributed by atoms with E-state index in [1.807, 2.05) is 0 Å². The van der Waals surface area contributed by atoms with Crippen molar-refractivity contribution in [2.75, 3.05) is 47.6 Å². The van der Waals surface area contributed by atoms with Crippen molar-refractivity contribution in [3.8, 4) is 0 Å². The Morgan fingerprint density at radius 1 is 1.00 bits per heavy atom. The number of hydrogen-bond acceptors (Lipinski definition) is 3. The van der Waals surface area contributed by atoms with E-state index in [9.17, 15) is 0 Å². The van der Waals surface area contributed by atoms with Crippen LogP contribution in [0.2, 0.25) is 0 Å². The molecule has 0 N–H and O–H groups in total. The first kappa shape index (κ1) is 11.1. The second-order valence-corrected chi connectivity index (χ2v) is 5.34. The minimum atomic E-state index is -0.631. The van der Waals surface area contributed by atoms with Gasteiger partial charge in [-0.25, -0.2) is 0 Å². The molecule has 0 spiro atoms. The van der Waals surface area contributed by atoms with Gasteiger partial charge in [-0.3, -0.25) is 0 Å². The minimum Gasteiger partial charge on any atom is -0.417 e. The van der Waals surface area contributed by atoms with Crippen molar-refractivity contribution in [1.29, 1.82) is 0 Å². The van der Waals surface area contributed by atoms with Gasteiger partial charge in [-0.1, -0.05) is 0 Å². The van der Waals surface area contributed by atoms with Gasteiger partial charge >= 0.3 is 0 Å². The third kappa shape index (κ3) is 6.49. The second-order valence-electron chi connectivity index (χ2n) is 3.22. The van der Waals surface area contributed by atoms with Gasteiger partial charge in [0.15, 0.2) is 0 Å². The second kappa shape index (κ2) is 5.71. The van der Waals surface area contributed by atoms with Gasteiger partial charge in [0.1, 0.15) is 0 Å². The molecule has 0 aromatic heterocycles. The lowest BCUT2D eigenvalue weighted by Crippen LogP contribution is -2.40. The number of nitrogens with zero attached hydrogens (tertiary/aromatic N) is 2. The molecule has 4 heteroatoms. The van der Waals surface area contributed by atoms with Crippen molar-refractivity contribution in [2.45, 2.75) is 0 Å². The maximum absolute atomic E-state index is 5.39. The van der Waals surface area contributed by atoms with E-state index in [4.69, 9.17) is 4.43 Å². The molecule has 0 saturated carbocycles. The number of rotatable bonds is 5. The molecule has 0 saturated heterocycles. The molecule has 0 fully saturated rings. The van der Waals surface area contributed by atoms with Crippen LogP contribution in [0.1, 0.15) is 0 Å². The lowest BCUT2D eigenvalue weighted by Gasteiger charge is -2.20. The predicted molar refractivity (Wildman–Crippen MR) is 49.9 cm³/mol. The van der Waals surface area contributed by atoms with E-state index in [1.165, 1.54) is 0 Å². The van der Waals surface area contributed by atoms with Crippen LogP contribution >= 0.6 is 0 Å². The maximum Gasteiger partial charge on any atom is 0.240 e. The first-order valence-corrected chi connectivity index (χ1v) is 5.56. The van der Waals surface area contributed by atoms with Crippen LogP contribution in [-0.4, -0.2) is 66.5 Å². The Balaban J connectivity index is 3.58. The first-order chi connectivity index (χ1) is 5.06. The third-order valence-electron chi connectivity index (χ3n) is 1.27. The molecule has 0 amide bonds. The van der Waals surface area contributed by atoms with Gasteiger partial charge in [-0.2, -0.15) is 0 Å². The highest BCUT2D eigenvalue weighted by molar-refractivity contribution is 6.52. The van der Waals surface area contributed by atoms with Gasteiger partial charge < -0.3 is 14.2 Å². The van der Waals surface area contributed by atoms with Crippen molar-refractivity contribution in [2.24, 2.45) is 0 Å². The molecule has 0 heterocycles. The zero-order chi connectivity index (χ0) is 8.85. The van der Waals surface area contributed by atoms with Gasteiger partial charge in [0, 0.05) is 19.4 Å². The maximum atomic E-state index is 5.39. The van der Waals surface area contributed by atoms with E-state index in [1.54, 1.807) is 7.11 Å². The summed E-state index contributed by atoms with van der Waals surface area (Å²) in [4.78, 5) is 4.36. The quantitative estimate of drug-likeness (QED) is 0.539. The van der Waals surface area contributed by atoms with Gasteiger partial charge in [-0.05, 0) is 28.2 Å². The van der Waals surface area contributed by atoms with Crippen LogP contribution in [-0.2, 0) is 4.43 Å². The summed E-state index contributed by atoms with van der Waals surface area (Å²) in [6, 6.07) is 0. The fourth-order valence-corrected chi connectivity index (χ4v) is 2.65. The summed E-state index contributed by atoms with van der Waals surface area (Å²) in [5, 5.41) is 0. The van der Waals surface area contributed by atoms with Gasteiger partial charge in [0.05, 0.1) is 0 Å². The van der Waals surface area contributed by atoms with Gasteiger partial charge in [-0.15, -0.1) is 0 Å². The smallest absolute Gasteiger partial charge is 0.240 e. The van der Waals surface area contributed by atoms with Crippen molar-refractivity contribution in [1.82, 2.24) is 9.80 Å². The highest BCUT2D eigenvalue weighted by Gasteiger charge is 2.13. The third-order valence-corrected chi connectivity index (χ3v) is 3.82. The average Bonchev–Trinajstić information content (AvgIpc) is 1.84. The van der Waals surface area contributed by atoms with Crippen LogP contribution < -0.4 is 0 Å². The number of hydrogen-bond donors (Lipinski definition) is 0. The van der Waals surface area contributed by atoms with E-state index in [-0.39, 0.29) is 0 Å². The summed E-state index contributed by atoms with van der Waals surface area (Å²) < 4.78 is 5.39. The molecule has 11 heavy (non-hydrogen) atoms. The fraction of sp³-hybridized carbons (Fsp3) is 1.00. The topological polar surface area (TPSA) is 15.7 Å². The Morgan fingerprint density at radius 2 is 1.36 bits per heavy atom. The standard InChI is InChI=1S/C7H19N2OSi/c1-8(2)6-11(10-5)7-9(3)4/h6-7H2,1-5H3. The van der Waals surface area contributed by atoms with Crippen molar-refractivity contribution < 1.29 is 4.43 Å². The van der Waals surface area contributed by atoms with Gasteiger partial charge in [0.2, 0.25) is 9.04 Å². The normalized spacial score (nSPS) is 12.0. The van der Waals surface area contributed by atoms with Gasteiger partial charge in [0.25, 0.3) is 0 Å². The SMILES string of the molecule is CO[Si](CN(C)C)CN(C)C. The molecule has 0 bridgehead atoms. The Kier molecular flexibility index (Phi) is 5.76. The van der Waals surface area contributed by atoms with Crippen LogP contribution in [0, 0.1) is 0 Å². The Hall–Kier alpha value is 0.0969. The van der Waals surface area contributed by atoms with Crippen LogP contribution in [0.15, 0.2) is 0 Å². The van der Waals surface area contributed by atoms with Crippen LogP contribution in [0.5, 0.6) is 0 Å². The van der Waals surface area contributed by atoms with E-state index in [0.29, 0.717) is 0 Å². The van der Waals surface area contributed by atoms with Crippen LogP contribution in [0.3, 0.4) is 0 Å². The molecule has 0 atom stereocenters. The van der Waals surface area contributed by atoms with Crippen LogP contribution in [0.4, 0.5) is 0 Å². The molecule has 0 unspecified atom stereocenters. The van der Waals surface area contributed by atoms with E-state index < -0.39 is 9.04 Å². The zero-order valence-electron chi connectivity index (χ0n) is 8.22. The minimum absolute atomic E-state index is 0.631. The van der Waals surface area contributed by atoms with Crippen LogP contribution in [0.25, 0.3) is 0 Å². The monoisotopic (exact) mass is 175 g/mol. The molecule has 67 valence electrons. The fourth-order valence-electron chi connectivity index (χ4n) is 0.885. The van der Waals surface area contributed by atoms with Crippen molar-refractivity contribution in [3.05, 3.63) is 0 Å². The Morgan fingerprint density at radius 3 is 1.55 bits per heavy atom. The largest absolute Gasteiger partial charge is 0.417 e. The summed E-state index contributed by atoms with van der Waals surface area (Å²) in [6.45, 7) is 0. The molecule has 0 aliphatic rings. The molecule has 0 aromatic carbocycles. The lowest BCUT2D eigenvalue weighted by atomic mass is 11.0. The predicted octanol–water partition coefficient (Wildman–Crippen LogP) is -0.174. The summed E-state index contributed by atoms with van der Waals surface area (Å²) >= 11 is 0. The zero-order valence-corrected chi connectivity index (χ0v) is 9.22. The molecule has 3 nitrogen and oxygen atoms in total. The van der Waals surface area contributed by atoms with Crippen molar-refractivity contribution in [3.63, 3.8) is 0 Å². The Labute approximate surface area is 71.7 Å². The van der Waals surface area contributed by atoms with E-state index in [2.05, 4.69) is 38.0 Å².